The Balaban J connectivity index is 2.02. The molecule has 1 nitrogen and oxygen atoms in total. The average molecular weight is 285 g/mol. The molecule has 1 N–H and O–H groups in total. The molecule has 20 heavy (non-hydrogen) atoms. The molecular formula is C16H22F3N. The molecule has 1 aromatic carbocycles. The summed E-state index contributed by atoms with van der Waals surface area (Å²) in [5.41, 5.74) is 0.0666. The zero-order valence-corrected chi connectivity index (χ0v) is 12.1. The van der Waals surface area contributed by atoms with E-state index in [1.165, 1.54) is 6.42 Å². The lowest BCUT2D eigenvalue weighted by Crippen LogP contribution is -2.20. The Morgan fingerprint density at radius 1 is 0.950 bits per heavy atom. The van der Waals surface area contributed by atoms with Crippen molar-refractivity contribution in [2.24, 2.45) is 11.8 Å². The lowest BCUT2D eigenvalue weighted by atomic mass is 9.89. The molecule has 2 atom stereocenters. The summed E-state index contributed by atoms with van der Waals surface area (Å²) < 4.78 is 39.7. The zero-order chi connectivity index (χ0) is 14.7. The normalized spacial score (nSPS) is 23.7. The third kappa shape index (κ3) is 3.68. The second-order valence-corrected chi connectivity index (χ2v) is 6.10. The standard InChI is InChI=1S/C16H22F3N/c1-10(2)11-4-3-5-12(7-6-11)20-16-9-14(18)13(17)8-15(16)19/h8-12,20H,3-7H2,1-2H3. The van der Waals surface area contributed by atoms with Crippen molar-refractivity contribution in [3.05, 3.63) is 29.6 Å². The van der Waals surface area contributed by atoms with Crippen LogP contribution in [0.25, 0.3) is 0 Å². The number of benzene rings is 1. The first kappa shape index (κ1) is 15.2. The molecule has 112 valence electrons. The molecule has 1 aliphatic rings. The van der Waals surface area contributed by atoms with Gasteiger partial charge in [0.15, 0.2) is 11.6 Å². The highest BCUT2D eigenvalue weighted by Crippen LogP contribution is 2.30. The molecule has 1 aliphatic carbocycles. The fourth-order valence-electron chi connectivity index (χ4n) is 2.99. The summed E-state index contributed by atoms with van der Waals surface area (Å²) in [5.74, 6) is -1.52. The minimum atomic E-state index is -1.14. The van der Waals surface area contributed by atoms with Gasteiger partial charge in [0.25, 0.3) is 0 Å². The van der Waals surface area contributed by atoms with Crippen LogP contribution < -0.4 is 5.32 Å². The van der Waals surface area contributed by atoms with E-state index in [-0.39, 0.29) is 11.7 Å². The fraction of sp³-hybridized carbons (Fsp3) is 0.625. The number of hydrogen-bond acceptors (Lipinski definition) is 1. The highest BCUT2D eigenvalue weighted by atomic mass is 19.2. The van der Waals surface area contributed by atoms with E-state index in [0.29, 0.717) is 17.9 Å². The first-order valence-electron chi connectivity index (χ1n) is 7.38. The Morgan fingerprint density at radius 3 is 2.35 bits per heavy atom. The van der Waals surface area contributed by atoms with Gasteiger partial charge in [-0.3, -0.25) is 0 Å². The van der Waals surface area contributed by atoms with Crippen molar-refractivity contribution in [1.29, 1.82) is 0 Å². The van der Waals surface area contributed by atoms with Crippen LogP contribution in [0.3, 0.4) is 0 Å². The summed E-state index contributed by atoms with van der Waals surface area (Å²) in [6, 6.07) is 1.65. The van der Waals surface area contributed by atoms with E-state index < -0.39 is 17.5 Å². The molecule has 0 amide bonds. The predicted octanol–water partition coefficient (Wildman–Crippen LogP) is 5.12. The van der Waals surface area contributed by atoms with Crippen molar-refractivity contribution < 1.29 is 13.2 Å². The maximum Gasteiger partial charge on any atom is 0.161 e. The van der Waals surface area contributed by atoms with Crippen molar-refractivity contribution in [1.82, 2.24) is 0 Å². The second-order valence-electron chi connectivity index (χ2n) is 6.10. The average Bonchev–Trinajstić information content (AvgIpc) is 2.61. The van der Waals surface area contributed by atoms with Crippen LogP contribution in [0.2, 0.25) is 0 Å². The number of hydrogen-bond donors (Lipinski definition) is 1. The molecule has 0 radical (unpaired) electrons. The molecule has 4 heteroatoms. The van der Waals surface area contributed by atoms with Gasteiger partial charge < -0.3 is 5.32 Å². The summed E-state index contributed by atoms with van der Waals surface area (Å²) >= 11 is 0. The van der Waals surface area contributed by atoms with E-state index in [4.69, 9.17) is 0 Å². The highest BCUT2D eigenvalue weighted by Gasteiger charge is 2.22. The summed E-state index contributed by atoms with van der Waals surface area (Å²) in [7, 11) is 0. The third-order valence-corrected chi connectivity index (χ3v) is 4.33. The number of anilines is 1. The Hall–Kier alpha value is -1.19. The Bertz CT molecular complexity index is 459. The van der Waals surface area contributed by atoms with E-state index in [1.54, 1.807) is 0 Å². The predicted molar refractivity (Wildman–Crippen MR) is 75.1 cm³/mol. The van der Waals surface area contributed by atoms with E-state index in [2.05, 4.69) is 19.2 Å². The van der Waals surface area contributed by atoms with Gasteiger partial charge in [-0.2, -0.15) is 0 Å². The number of nitrogens with one attached hydrogen (secondary N) is 1. The zero-order valence-electron chi connectivity index (χ0n) is 12.1. The van der Waals surface area contributed by atoms with Gasteiger partial charge >= 0.3 is 0 Å². The molecule has 0 heterocycles. The molecule has 0 aromatic heterocycles. The molecule has 0 spiro atoms. The summed E-state index contributed by atoms with van der Waals surface area (Å²) in [6.45, 7) is 4.46. The monoisotopic (exact) mass is 285 g/mol. The minimum Gasteiger partial charge on any atom is -0.380 e. The van der Waals surface area contributed by atoms with Crippen LogP contribution in [0, 0.1) is 29.3 Å². The number of rotatable bonds is 3. The van der Waals surface area contributed by atoms with E-state index >= 15 is 0 Å². The largest absolute Gasteiger partial charge is 0.380 e. The number of halogens is 3. The molecule has 0 bridgehead atoms. The van der Waals surface area contributed by atoms with Crippen molar-refractivity contribution in [2.45, 2.75) is 52.0 Å². The van der Waals surface area contributed by atoms with Gasteiger partial charge in [-0.05, 0) is 31.1 Å². The van der Waals surface area contributed by atoms with E-state index in [9.17, 15) is 13.2 Å². The maximum absolute atomic E-state index is 13.6. The third-order valence-electron chi connectivity index (χ3n) is 4.33. The SMILES string of the molecule is CC(C)C1CCCC(Nc2cc(F)c(F)cc2F)CC1. The molecule has 0 saturated heterocycles. The van der Waals surface area contributed by atoms with Crippen molar-refractivity contribution in [3.8, 4) is 0 Å². The Kier molecular flexibility index (Phi) is 4.95. The van der Waals surface area contributed by atoms with E-state index in [1.807, 2.05) is 0 Å². The molecule has 1 fully saturated rings. The van der Waals surface area contributed by atoms with Crippen LogP contribution in [-0.2, 0) is 0 Å². The maximum atomic E-state index is 13.6. The van der Waals surface area contributed by atoms with Crippen LogP contribution in [0.15, 0.2) is 12.1 Å². The molecule has 1 saturated carbocycles. The van der Waals surface area contributed by atoms with Crippen LogP contribution in [0.4, 0.5) is 18.9 Å². The van der Waals surface area contributed by atoms with Crippen LogP contribution in [0.5, 0.6) is 0 Å². The summed E-state index contributed by atoms with van der Waals surface area (Å²) in [4.78, 5) is 0. The molecule has 2 unspecified atom stereocenters. The van der Waals surface area contributed by atoms with Crippen molar-refractivity contribution in [3.63, 3.8) is 0 Å². The molecule has 0 aliphatic heterocycles. The van der Waals surface area contributed by atoms with Gasteiger partial charge in [0.2, 0.25) is 0 Å². The quantitative estimate of drug-likeness (QED) is 0.600. The topological polar surface area (TPSA) is 12.0 Å². The van der Waals surface area contributed by atoms with Gasteiger partial charge in [0.05, 0.1) is 5.69 Å². The molecule has 1 aromatic rings. The minimum absolute atomic E-state index is 0.0666. The Labute approximate surface area is 118 Å². The fourth-order valence-corrected chi connectivity index (χ4v) is 2.99. The smallest absolute Gasteiger partial charge is 0.161 e. The Morgan fingerprint density at radius 2 is 1.65 bits per heavy atom. The van der Waals surface area contributed by atoms with Crippen LogP contribution in [0.1, 0.15) is 46.0 Å². The summed E-state index contributed by atoms with van der Waals surface area (Å²) in [6.07, 6.45) is 5.27. The van der Waals surface area contributed by atoms with Gasteiger partial charge in [-0.1, -0.05) is 26.7 Å². The van der Waals surface area contributed by atoms with Gasteiger partial charge in [0, 0.05) is 18.2 Å². The first-order valence-corrected chi connectivity index (χ1v) is 7.38. The molecule has 2 rings (SSSR count). The van der Waals surface area contributed by atoms with E-state index in [0.717, 1.165) is 31.7 Å². The lowest BCUT2D eigenvalue weighted by molar-refractivity contribution is 0.341. The summed E-state index contributed by atoms with van der Waals surface area (Å²) in [5, 5.41) is 3.03. The van der Waals surface area contributed by atoms with Gasteiger partial charge in [-0.15, -0.1) is 0 Å². The second kappa shape index (κ2) is 6.51. The van der Waals surface area contributed by atoms with Gasteiger partial charge in [-0.25, -0.2) is 13.2 Å². The highest BCUT2D eigenvalue weighted by molar-refractivity contribution is 5.46. The van der Waals surface area contributed by atoms with Crippen LogP contribution >= 0.6 is 0 Å². The van der Waals surface area contributed by atoms with Crippen LogP contribution in [-0.4, -0.2) is 6.04 Å². The molecular weight excluding hydrogens is 263 g/mol. The lowest BCUT2D eigenvalue weighted by Gasteiger charge is -2.20. The van der Waals surface area contributed by atoms with Crippen molar-refractivity contribution in [2.75, 3.05) is 5.32 Å². The first-order chi connectivity index (χ1) is 9.47. The van der Waals surface area contributed by atoms with Crippen molar-refractivity contribution >= 4 is 5.69 Å². The van der Waals surface area contributed by atoms with Gasteiger partial charge in [0.1, 0.15) is 5.82 Å².